The molecule has 0 spiro atoms. The predicted molar refractivity (Wildman–Crippen MR) is 70.5 cm³/mol. The van der Waals surface area contributed by atoms with Crippen molar-refractivity contribution in [2.24, 2.45) is 0 Å². The van der Waals surface area contributed by atoms with Crippen LogP contribution >= 0.6 is 0 Å². The van der Waals surface area contributed by atoms with Crippen LogP contribution in [0.1, 0.15) is 32.8 Å². The summed E-state index contributed by atoms with van der Waals surface area (Å²) >= 11 is 0. The molecule has 3 heteroatoms. The minimum Gasteiger partial charge on any atom is -0.338 e. The molecule has 2 rings (SSSR count). The van der Waals surface area contributed by atoms with Crippen LogP contribution in [0.15, 0.2) is 24.3 Å². The number of nitrogens with zero attached hydrogens (tertiary/aromatic N) is 1. The molecule has 1 aliphatic rings. The highest BCUT2D eigenvalue weighted by Crippen LogP contribution is 2.25. The highest BCUT2D eigenvalue weighted by Gasteiger charge is 2.20. The molecular weight excluding hydrogens is 212 g/mol. The summed E-state index contributed by atoms with van der Waals surface area (Å²) in [7, 11) is 0. The minimum absolute atomic E-state index is 0.0137. The molecule has 1 N–H and O–H groups in total. The fourth-order valence-corrected chi connectivity index (χ4v) is 2.02. The molecule has 0 radical (unpaired) electrons. The molecule has 17 heavy (non-hydrogen) atoms. The van der Waals surface area contributed by atoms with Crippen molar-refractivity contribution in [3.05, 3.63) is 29.8 Å². The third kappa shape index (κ3) is 2.60. The Morgan fingerprint density at radius 3 is 2.35 bits per heavy atom. The molecule has 1 saturated heterocycles. The maximum Gasteiger partial charge on any atom is 0.321 e. The van der Waals surface area contributed by atoms with Crippen molar-refractivity contribution >= 4 is 11.7 Å². The first-order valence-corrected chi connectivity index (χ1v) is 6.14. The Kier molecular flexibility index (Phi) is 3.09. The maximum atomic E-state index is 11.7. The Morgan fingerprint density at radius 1 is 1.18 bits per heavy atom. The molecular formula is C14H20N2O. The van der Waals surface area contributed by atoms with Crippen molar-refractivity contribution in [1.29, 1.82) is 0 Å². The van der Waals surface area contributed by atoms with Gasteiger partial charge < -0.3 is 5.32 Å². The van der Waals surface area contributed by atoms with Crippen LogP contribution in [0, 0.1) is 0 Å². The number of carbonyl (C=O) groups is 1. The third-order valence-corrected chi connectivity index (χ3v) is 3.12. The smallest absolute Gasteiger partial charge is 0.321 e. The summed E-state index contributed by atoms with van der Waals surface area (Å²) in [5.74, 6) is 0. The molecule has 0 aromatic heterocycles. The topological polar surface area (TPSA) is 32.3 Å². The lowest BCUT2D eigenvalue weighted by molar-refractivity contribution is 0.243. The van der Waals surface area contributed by atoms with Gasteiger partial charge in [0.15, 0.2) is 0 Å². The average molecular weight is 232 g/mol. The number of nitrogens with one attached hydrogen (secondary N) is 1. The molecule has 0 saturated carbocycles. The van der Waals surface area contributed by atoms with Gasteiger partial charge in [0.25, 0.3) is 0 Å². The van der Waals surface area contributed by atoms with E-state index in [-0.39, 0.29) is 11.4 Å². The quantitative estimate of drug-likeness (QED) is 0.793. The number of benzene rings is 1. The first-order valence-electron chi connectivity index (χ1n) is 6.14. The van der Waals surface area contributed by atoms with Gasteiger partial charge in [0, 0.05) is 18.8 Å². The fraction of sp³-hybridized carbons (Fsp3) is 0.500. The Balaban J connectivity index is 2.20. The second kappa shape index (κ2) is 4.40. The van der Waals surface area contributed by atoms with Crippen LogP contribution in [0.25, 0.3) is 0 Å². The van der Waals surface area contributed by atoms with Gasteiger partial charge >= 0.3 is 6.03 Å². The van der Waals surface area contributed by atoms with Crippen LogP contribution < -0.4 is 10.2 Å². The van der Waals surface area contributed by atoms with E-state index in [1.165, 1.54) is 5.56 Å². The van der Waals surface area contributed by atoms with Crippen molar-refractivity contribution < 1.29 is 4.79 Å². The molecule has 2 amide bonds. The summed E-state index contributed by atoms with van der Waals surface area (Å²) in [4.78, 5) is 13.5. The second-order valence-electron chi connectivity index (χ2n) is 5.53. The van der Waals surface area contributed by atoms with Gasteiger partial charge in [-0.15, -0.1) is 0 Å². The zero-order chi connectivity index (χ0) is 12.5. The first kappa shape index (κ1) is 12.0. The van der Waals surface area contributed by atoms with Crippen LogP contribution in [-0.4, -0.2) is 19.1 Å². The van der Waals surface area contributed by atoms with E-state index in [2.05, 4.69) is 38.2 Å². The summed E-state index contributed by atoms with van der Waals surface area (Å²) in [5.41, 5.74) is 2.43. The average Bonchev–Trinajstić information content (AvgIpc) is 2.29. The number of carbonyl (C=O) groups excluding carboxylic acids is 1. The van der Waals surface area contributed by atoms with Gasteiger partial charge in [-0.2, -0.15) is 0 Å². The van der Waals surface area contributed by atoms with E-state index in [0.717, 1.165) is 25.2 Å². The van der Waals surface area contributed by atoms with E-state index in [1.807, 2.05) is 12.1 Å². The van der Waals surface area contributed by atoms with E-state index >= 15 is 0 Å². The van der Waals surface area contributed by atoms with Gasteiger partial charge in [-0.1, -0.05) is 32.9 Å². The minimum atomic E-state index is 0.0137. The zero-order valence-corrected chi connectivity index (χ0v) is 10.8. The molecule has 1 heterocycles. The highest BCUT2D eigenvalue weighted by molar-refractivity contribution is 5.92. The second-order valence-corrected chi connectivity index (χ2v) is 5.53. The number of anilines is 1. The van der Waals surface area contributed by atoms with E-state index in [0.29, 0.717) is 0 Å². The number of urea groups is 1. The standard InChI is InChI=1S/C14H20N2O/c1-14(2,3)11-5-7-12(8-6-11)16-10-4-9-15-13(16)17/h5-8H,4,9-10H2,1-3H3,(H,15,17). The monoisotopic (exact) mass is 232 g/mol. The Hall–Kier alpha value is -1.51. The Morgan fingerprint density at radius 2 is 1.82 bits per heavy atom. The number of hydrogen-bond donors (Lipinski definition) is 1. The Bertz CT molecular complexity index is 403. The summed E-state index contributed by atoms with van der Waals surface area (Å²) in [6, 6.07) is 8.30. The van der Waals surface area contributed by atoms with E-state index < -0.39 is 0 Å². The summed E-state index contributed by atoms with van der Waals surface area (Å²) in [6.45, 7) is 8.16. The lowest BCUT2D eigenvalue weighted by atomic mass is 9.87. The molecule has 0 bridgehead atoms. The van der Waals surface area contributed by atoms with Crippen molar-refractivity contribution in [3.8, 4) is 0 Å². The fourth-order valence-electron chi connectivity index (χ4n) is 2.02. The van der Waals surface area contributed by atoms with Crippen molar-refractivity contribution in [2.75, 3.05) is 18.0 Å². The van der Waals surface area contributed by atoms with Crippen LogP contribution in [-0.2, 0) is 5.41 Å². The molecule has 0 unspecified atom stereocenters. The molecule has 0 aliphatic carbocycles. The molecule has 3 nitrogen and oxygen atoms in total. The lowest BCUT2D eigenvalue weighted by Gasteiger charge is -2.28. The van der Waals surface area contributed by atoms with Crippen molar-refractivity contribution in [3.63, 3.8) is 0 Å². The largest absolute Gasteiger partial charge is 0.338 e. The Labute approximate surface area is 103 Å². The van der Waals surface area contributed by atoms with Gasteiger partial charge in [-0.05, 0) is 29.5 Å². The van der Waals surface area contributed by atoms with E-state index in [4.69, 9.17) is 0 Å². The van der Waals surface area contributed by atoms with Gasteiger partial charge in [-0.25, -0.2) is 4.79 Å². The van der Waals surface area contributed by atoms with Crippen molar-refractivity contribution in [1.82, 2.24) is 5.32 Å². The molecule has 1 fully saturated rings. The molecule has 1 aliphatic heterocycles. The lowest BCUT2D eigenvalue weighted by Crippen LogP contribution is -2.46. The van der Waals surface area contributed by atoms with Gasteiger partial charge in [0.1, 0.15) is 0 Å². The predicted octanol–water partition coefficient (Wildman–Crippen LogP) is 2.90. The highest BCUT2D eigenvalue weighted by atomic mass is 16.2. The van der Waals surface area contributed by atoms with Crippen LogP contribution in [0.4, 0.5) is 10.5 Å². The van der Waals surface area contributed by atoms with Crippen molar-refractivity contribution in [2.45, 2.75) is 32.6 Å². The maximum absolute atomic E-state index is 11.7. The zero-order valence-electron chi connectivity index (χ0n) is 10.8. The molecule has 92 valence electrons. The van der Waals surface area contributed by atoms with Crippen LogP contribution in [0.2, 0.25) is 0 Å². The van der Waals surface area contributed by atoms with Gasteiger partial charge in [0.2, 0.25) is 0 Å². The van der Waals surface area contributed by atoms with Crippen LogP contribution in [0.5, 0.6) is 0 Å². The summed E-state index contributed by atoms with van der Waals surface area (Å²) in [6.07, 6.45) is 1.01. The molecule has 0 atom stereocenters. The van der Waals surface area contributed by atoms with E-state index in [9.17, 15) is 4.79 Å². The number of hydrogen-bond acceptors (Lipinski definition) is 1. The SMILES string of the molecule is CC(C)(C)c1ccc(N2CCCNC2=O)cc1. The number of rotatable bonds is 1. The summed E-state index contributed by atoms with van der Waals surface area (Å²) in [5, 5.41) is 2.86. The molecule has 1 aromatic rings. The van der Waals surface area contributed by atoms with Gasteiger partial charge in [0.05, 0.1) is 0 Å². The van der Waals surface area contributed by atoms with Crippen LogP contribution in [0.3, 0.4) is 0 Å². The van der Waals surface area contributed by atoms with E-state index in [1.54, 1.807) is 4.90 Å². The normalized spacial score (nSPS) is 16.9. The summed E-state index contributed by atoms with van der Waals surface area (Å²) < 4.78 is 0. The first-order chi connectivity index (χ1) is 7.98. The molecule has 1 aromatic carbocycles. The third-order valence-electron chi connectivity index (χ3n) is 3.12. The number of amides is 2. The van der Waals surface area contributed by atoms with Gasteiger partial charge in [-0.3, -0.25) is 4.90 Å².